The summed E-state index contributed by atoms with van der Waals surface area (Å²) in [6.45, 7) is 5.47. The van der Waals surface area contributed by atoms with Crippen LogP contribution in [0.15, 0.2) is 48.7 Å². The van der Waals surface area contributed by atoms with E-state index in [9.17, 15) is 18.7 Å². The molecule has 0 bridgehead atoms. The van der Waals surface area contributed by atoms with Gasteiger partial charge in [0.2, 0.25) is 0 Å². The van der Waals surface area contributed by atoms with E-state index >= 15 is 0 Å². The summed E-state index contributed by atoms with van der Waals surface area (Å²) >= 11 is 6.43. The number of benzene rings is 2. The van der Waals surface area contributed by atoms with Gasteiger partial charge in [-0.2, -0.15) is 5.10 Å². The van der Waals surface area contributed by atoms with Crippen LogP contribution in [-0.2, 0) is 0 Å². The molecule has 10 heteroatoms. The summed E-state index contributed by atoms with van der Waals surface area (Å²) in [7, 11) is 0. The normalized spacial score (nSPS) is 20.6. The molecule has 0 spiro atoms. The van der Waals surface area contributed by atoms with Crippen LogP contribution in [-0.4, -0.2) is 71.1 Å². The molecule has 3 heterocycles. The Labute approximate surface area is 231 Å². The number of nitrogens with zero attached hydrogens (tertiary/aromatic N) is 5. The van der Waals surface area contributed by atoms with Gasteiger partial charge in [-0.15, -0.1) is 0 Å². The maximum absolute atomic E-state index is 13.9. The summed E-state index contributed by atoms with van der Waals surface area (Å²) < 4.78 is 28.9. The molecule has 1 saturated carbocycles. The number of aromatic carboxylic acids is 1. The van der Waals surface area contributed by atoms with Crippen molar-refractivity contribution in [2.75, 3.05) is 49.1 Å². The van der Waals surface area contributed by atoms with Crippen molar-refractivity contribution in [3.63, 3.8) is 0 Å². The Morgan fingerprint density at radius 2 is 1.69 bits per heavy atom. The van der Waals surface area contributed by atoms with Crippen LogP contribution in [0, 0.1) is 0 Å². The standard InChI is InChI=1S/C29H32ClF2N5O2/c30-20-5-10-24(19-3-6-21(7-4-19)34-12-14-35(15-13-34)22-8-9-22)26(16-20)36-11-1-2-23(18-36)37-27(28(31)32)25(17-33-37)29(38)39/h3-7,10,16-17,22-23,28H,1-2,8-9,11-15,18H2,(H,38,39). The molecule has 1 aliphatic carbocycles. The smallest absolute Gasteiger partial charge is 0.339 e. The molecule has 1 unspecified atom stereocenters. The first-order valence-corrected chi connectivity index (χ1v) is 14.0. The molecular formula is C29H32ClF2N5O2. The predicted molar refractivity (Wildman–Crippen MR) is 148 cm³/mol. The molecule has 39 heavy (non-hydrogen) atoms. The topological polar surface area (TPSA) is 64.8 Å². The average Bonchev–Trinajstić information content (AvgIpc) is 3.70. The highest BCUT2D eigenvalue weighted by atomic mass is 35.5. The van der Waals surface area contributed by atoms with Crippen LogP contribution in [0.2, 0.25) is 5.02 Å². The number of halogens is 3. The van der Waals surface area contributed by atoms with E-state index in [2.05, 4.69) is 44.1 Å². The van der Waals surface area contributed by atoms with Gasteiger partial charge in [0.15, 0.2) is 0 Å². The fourth-order valence-corrected chi connectivity index (χ4v) is 6.23. The van der Waals surface area contributed by atoms with Crippen LogP contribution in [0.5, 0.6) is 0 Å². The minimum absolute atomic E-state index is 0.376. The molecule has 2 aliphatic heterocycles. The first-order valence-electron chi connectivity index (χ1n) is 13.6. The summed E-state index contributed by atoms with van der Waals surface area (Å²) in [6.07, 6.45) is 2.18. The second-order valence-corrected chi connectivity index (χ2v) is 11.1. The Hall–Kier alpha value is -3.17. The Morgan fingerprint density at radius 3 is 2.36 bits per heavy atom. The fourth-order valence-electron chi connectivity index (χ4n) is 6.07. The lowest BCUT2D eigenvalue weighted by Crippen LogP contribution is -2.47. The predicted octanol–water partition coefficient (Wildman–Crippen LogP) is 5.97. The summed E-state index contributed by atoms with van der Waals surface area (Å²) in [5, 5.41) is 14.0. The van der Waals surface area contributed by atoms with Crippen molar-refractivity contribution in [1.29, 1.82) is 0 Å². The first kappa shape index (κ1) is 26.1. The zero-order chi connectivity index (χ0) is 27.1. The van der Waals surface area contributed by atoms with Crippen LogP contribution in [0.25, 0.3) is 11.1 Å². The molecule has 1 aromatic heterocycles. The van der Waals surface area contributed by atoms with E-state index in [4.69, 9.17) is 11.6 Å². The lowest BCUT2D eigenvalue weighted by atomic mass is 9.99. The van der Waals surface area contributed by atoms with E-state index < -0.39 is 23.7 Å². The molecule has 2 aromatic carbocycles. The maximum Gasteiger partial charge on any atom is 0.339 e. The van der Waals surface area contributed by atoms with E-state index in [1.165, 1.54) is 23.2 Å². The third-order valence-corrected chi connectivity index (χ3v) is 8.47. The number of carbonyl (C=O) groups is 1. The van der Waals surface area contributed by atoms with E-state index in [1.54, 1.807) is 0 Å². The summed E-state index contributed by atoms with van der Waals surface area (Å²) in [5.74, 6) is -1.39. The highest BCUT2D eigenvalue weighted by Crippen LogP contribution is 2.38. The number of piperazine rings is 1. The molecule has 1 N–H and O–H groups in total. The van der Waals surface area contributed by atoms with E-state index in [-0.39, 0.29) is 6.04 Å². The SMILES string of the molecule is O=C(O)c1cnn(C2CCCN(c3cc(Cl)ccc3-c3ccc(N4CCN(C5CC5)CC4)cc3)C2)c1C(F)F. The van der Waals surface area contributed by atoms with Gasteiger partial charge >= 0.3 is 5.97 Å². The van der Waals surface area contributed by atoms with Gasteiger partial charge in [0, 0.05) is 67.3 Å². The second kappa shape index (κ2) is 10.8. The van der Waals surface area contributed by atoms with Gasteiger partial charge < -0.3 is 14.9 Å². The Kier molecular flexibility index (Phi) is 7.20. The molecule has 0 radical (unpaired) electrons. The van der Waals surface area contributed by atoms with Crippen molar-refractivity contribution in [2.24, 2.45) is 0 Å². The number of anilines is 2. The van der Waals surface area contributed by atoms with Gasteiger partial charge in [0.25, 0.3) is 6.43 Å². The van der Waals surface area contributed by atoms with Crippen molar-refractivity contribution < 1.29 is 18.7 Å². The number of carboxylic acids is 1. The molecule has 3 fully saturated rings. The van der Waals surface area contributed by atoms with Crippen molar-refractivity contribution in [3.8, 4) is 11.1 Å². The highest BCUT2D eigenvalue weighted by molar-refractivity contribution is 6.31. The highest BCUT2D eigenvalue weighted by Gasteiger charge is 2.32. The Balaban J connectivity index is 1.23. The average molecular weight is 556 g/mol. The molecule has 6 rings (SSSR count). The maximum atomic E-state index is 13.9. The molecule has 1 atom stereocenters. The molecule has 0 amide bonds. The number of hydrogen-bond acceptors (Lipinski definition) is 5. The van der Waals surface area contributed by atoms with Crippen molar-refractivity contribution in [3.05, 3.63) is 64.9 Å². The zero-order valence-electron chi connectivity index (χ0n) is 21.6. The first-order chi connectivity index (χ1) is 18.9. The Bertz CT molecular complexity index is 1340. The summed E-state index contributed by atoms with van der Waals surface area (Å²) in [6, 6.07) is 14.8. The molecule has 2 saturated heterocycles. The van der Waals surface area contributed by atoms with Gasteiger partial charge in [-0.1, -0.05) is 29.8 Å². The van der Waals surface area contributed by atoms with Crippen LogP contribution in [0.3, 0.4) is 0 Å². The lowest BCUT2D eigenvalue weighted by Gasteiger charge is -2.37. The van der Waals surface area contributed by atoms with Gasteiger partial charge in [0.05, 0.1) is 12.2 Å². The van der Waals surface area contributed by atoms with Crippen molar-refractivity contribution in [2.45, 2.75) is 44.2 Å². The quantitative estimate of drug-likeness (QED) is 0.388. The molecule has 206 valence electrons. The van der Waals surface area contributed by atoms with Crippen molar-refractivity contribution in [1.82, 2.24) is 14.7 Å². The van der Waals surface area contributed by atoms with Crippen LogP contribution in [0.4, 0.5) is 20.2 Å². The largest absolute Gasteiger partial charge is 0.478 e. The van der Waals surface area contributed by atoms with E-state index in [0.29, 0.717) is 18.0 Å². The fraction of sp³-hybridized carbons (Fsp3) is 0.448. The summed E-state index contributed by atoms with van der Waals surface area (Å²) in [4.78, 5) is 18.7. The van der Waals surface area contributed by atoms with Gasteiger partial charge in [-0.25, -0.2) is 13.6 Å². The zero-order valence-corrected chi connectivity index (χ0v) is 22.4. The summed E-state index contributed by atoms with van der Waals surface area (Å²) in [5.41, 5.74) is 3.25. The van der Waals surface area contributed by atoms with Gasteiger partial charge in [-0.3, -0.25) is 9.58 Å². The number of alkyl halides is 2. The van der Waals surface area contributed by atoms with Crippen LogP contribution >= 0.6 is 11.6 Å². The van der Waals surface area contributed by atoms with Crippen LogP contribution in [0.1, 0.15) is 54.2 Å². The number of piperidine rings is 1. The molecule has 3 aliphatic rings. The second-order valence-electron chi connectivity index (χ2n) is 10.7. The van der Waals surface area contributed by atoms with Gasteiger partial charge in [0.1, 0.15) is 11.3 Å². The minimum atomic E-state index is -2.93. The van der Waals surface area contributed by atoms with Gasteiger partial charge in [-0.05, 0) is 55.5 Å². The number of hydrogen-bond donors (Lipinski definition) is 1. The molecule has 3 aromatic rings. The number of rotatable bonds is 7. The Morgan fingerprint density at radius 1 is 0.949 bits per heavy atom. The van der Waals surface area contributed by atoms with Crippen LogP contribution < -0.4 is 9.80 Å². The van der Waals surface area contributed by atoms with E-state index in [0.717, 1.165) is 68.2 Å². The minimum Gasteiger partial charge on any atom is -0.478 e. The number of carboxylic acid groups (broad SMARTS) is 1. The third-order valence-electron chi connectivity index (χ3n) is 8.23. The molecular weight excluding hydrogens is 524 g/mol. The molecule has 7 nitrogen and oxygen atoms in total. The third kappa shape index (κ3) is 5.34. The lowest BCUT2D eigenvalue weighted by molar-refractivity contribution is 0.0681. The van der Waals surface area contributed by atoms with E-state index in [1.807, 2.05) is 18.2 Å². The monoisotopic (exact) mass is 555 g/mol. The van der Waals surface area contributed by atoms with Crippen molar-refractivity contribution >= 4 is 28.9 Å². The number of aromatic nitrogens is 2.